The van der Waals surface area contributed by atoms with Crippen LogP contribution in [0.2, 0.25) is 5.02 Å². The van der Waals surface area contributed by atoms with Gasteiger partial charge in [-0.3, -0.25) is 4.79 Å². The molecular formula is C33H38ClN3O5S. The van der Waals surface area contributed by atoms with Crippen LogP contribution in [0.25, 0.3) is 10.8 Å². The summed E-state index contributed by atoms with van der Waals surface area (Å²) in [6.07, 6.45) is 7.89. The van der Waals surface area contributed by atoms with Gasteiger partial charge in [-0.15, -0.1) is 0 Å². The zero-order valence-corrected chi connectivity index (χ0v) is 25.7. The second-order valence-corrected chi connectivity index (χ2v) is 14.9. The van der Waals surface area contributed by atoms with E-state index in [4.69, 9.17) is 26.8 Å². The molecule has 0 aromatic heterocycles. The predicted molar refractivity (Wildman–Crippen MR) is 166 cm³/mol. The largest absolute Gasteiger partial charge is 0.490 e. The number of rotatable bonds is 7. The lowest BCUT2D eigenvalue weighted by Gasteiger charge is -2.40. The molecule has 3 aromatic rings. The van der Waals surface area contributed by atoms with E-state index in [1.807, 2.05) is 29.2 Å². The molecule has 7 rings (SSSR count). The van der Waals surface area contributed by atoms with Crippen molar-refractivity contribution in [1.82, 2.24) is 9.21 Å². The summed E-state index contributed by atoms with van der Waals surface area (Å²) in [5, 5.41) is 2.30. The molecule has 2 N–H and O–H groups in total. The Balaban J connectivity index is 1.17. The van der Waals surface area contributed by atoms with Crippen molar-refractivity contribution in [1.29, 1.82) is 0 Å². The predicted octanol–water partition coefficient (Wildman–Crippen LogP) is 5.51. The molecule has 3 heterocycles. The molecule has 4 fully saturated rings. The van der Waals surface area contributed by atoms with Gasteiger partial charge in [0, 0.05) is 29.6 Å². The Kier molecular flexibility index (Phi) is 7.78. The zero-order valence-electron chi connectivity index (χ0n) is 24.1. The van der Waals surface area contributed by atoms with Crippen molar-refractivity contribution >= 4 is 38.3 Å². The number of fused-ring (bicyclic) bond motifs is 3. The smallest absolute Gasteiger partial charge is 0.243 e. The van der Waals surface area contributed by atoms with Crippen LogP contribution in [0.3, 0.4) is 0 Å². The normalized spacial score (nSPS) is 28.0. The highest BCUT2D eigenvalue weighted by Gasteiger charge is 2.51. The van der Waals surface area contributed by atoms with Crippen LogP contribution >= 0.6 is 11.6 Å². The van der Waals surface area contributed by atoms with E-state index in [-0.39, 0.29) is 48.0 Å². The van der Waals surface area contributed by atoms with E-state index in [1.165, 1.54) is 17.1 Å². The lowest BCUT2D eigenvalue weighted by Crippen LogP contribution is -2.55. The first-order valence-electron chi connectivity index (χ1n) is 15.5. The Hall–Kier alpha value is -2.85. The van der Waals surface area contributed by atoms with Crippen molar-refractivity contribution in [3.05, 3.63) is 65.7 Å². The summed E-state index contributed by atoms with van der Waals surface area (Å²) in [5.74, 6) is 1.25. The van der Waals surface area contributed by atoms with Crippen LogP contribution in [0.4, 0.5) is 0 Å². The van der Waals surface area contributed by atoms with Crippen LogP contribution in [-0.2, 0) is 14.8 Å². The highest BCUT2D eigenvalue weighted by atomic mass is 35.5. The Bertz CT molecular complexity index is 1600. The molecule has 0 spiro atoms. The highest BCUT2D eigenvalue weighted by Crippen LogP contribution is 2.39. The van der Waals surface area contributed by atoms with E-state index < -0.39 is 22.2 Å². The number of hydrogen-bond acceptors (Lipinski definition) is 6. The average molecular weight is 624 g/mol. The van der Waals surface area contributed by atoms with Crippen LogP contribution in [0.5, 0.6) is 11.5 Å². The summed E-state index contributed by atoms with van der Waals surface area (Å²) in [6.45, 7) is 0.0796. The molecule has 8 nitrogen and oxygen atoms in total. The van der Waals surface area contributed by atoms with Gasteiger partial charge in [0.05, 0.1) is 17.5 Å². The highest BCUT2D eigenvalue weighted by molar-refractivity contribution is 7.89. The molecule has 0 radical (unpaired) electrons. The van der Waals surface area contributed by atoms with Gasteiger partial charge in [0.1, 0.15) is 23.6 Å². The first-order chi connectivity index (χ1) is 20.7. The van der Waals surface area contributed by atoms with Crippen LogP contribution in [-0.4, -0.2) is 66.5 Å². The summed E-state index contributed by atoms with van der Waals surface area (Å²) in [7, 11) is -4.02. The van der Waals surface area contributed by atoms with Crippen LogP contribution in [0.15, 0.2) is 65.6 Å². The third-order valence-electron chi connectivity index (χ3n) is 9.64. The minimum atomic E-state index is -4.02. The van der Waals surface area contributed by atoms with E-state index >= 15 is 0 Å². The standard InChI is InChI=1S/C33H38ClN3O5S/c34-23-7-12-28(13-8-23)42-30-19-32(33(38)37-25-9-10-26(37)18-24(35)17-25)36(20-30)43(39,40)31-14-6-21-15-29(11-5-22(21)16-31)41-27-3-1-2-4-27/h5-8,11-16,24-27,30,32H,1-4,9-10,17-20,35H2/t24?,25?,26?,30-,32-/m0/s1. The number of hydrogen-bond donors (Lipinski definition) is 1. The van der Waals surface area contributed by atoms with Gasteiger partial charge in [-0.25, -0.2) is 8.42 Å². The fraction of sp³-hybridized carbons (Fsp3) is 0.485. The number of sulfonamides is 1. The van der Waals surface area contributed by atoms with E-state index in [0.29, 0.717) is 10.8 Å². The topological polar surface area (TPSA) is 102 Å². The van der Waals surface area contributed by atoms with Gasteiger partial charge >= 0.3 is 0 Å². The Morgan fingerprint density at radius 1 is 0.791 bits per heavy atom. The van der Waals surface area contributed by atoms with Gasteiger partial charge in [-0.05, 0) is 111 Å². The number of halogens is 1. The molecule has 43 heavy (non-hydrogen) atoms. The summed E-state index contributed by atoms with van der Waals surface area (Å²) in [6, 6.07) is 17.3. The molecular weight excluding hydrogens is 586 g/mol. The van der Waals surface area contributed by atoms with Crippen molar-refractivity contribution in [2.75, 3.05) is 6.54 Å². The average Bonchev–Trinajstić information content (AvgIpc) is 3.72. The van der Waals surface area contributed by atoms with E-state index in [2.05, 4.69) is 0 Å². The van der Waals surface area contributed by atoms with Crippen LogP contribution in [0.1, 0.15) is 57.8 Å². The monoisotopic (exact) mass is 623 g/mol. The number of benzene rings is 3. The molecule has 3 aromatic carbocycles. The minimum Gasteiger partial charge on any atom is -0.490 e. The lowest BCUT2D eigenvalue weighted by atomic mass is 9.97. The fourth-order valence-electron chi connectivity index (χ4n) is 7.57. The first-order valence-corrected chi connectivity index (χ1v) is 17.3. The van der Waals surface area contributed by atoms with E-state index in [9.17, 15) is 13.2 Å². The Morgan fingerprint density at radius 2 is 1.42 bits per heavy atom. The molecule has 10 heteroatoms. The maximum Gasteiger partial charge on any atom is 0.243 e. The number of amides is 1. The van der Waals surface area contributed by atoms with Gasteiger partial charge in [0.2, 0.25) is 15.9 Å². The summed E-state index contributed by atoms with van der Waals surface area (Å²) in [4.78, 5) is 16.3. The molecule has 2 unspecified atom stereocenters. The number of piperidine rings is 1. The molecule has 3 aliphatic heterocycles. The SMILES string of the molecule is NC1CC2CCC(C1)N2C(=O)[C@@H]1C[C@H](Oc2ccc(Cl)cc2)CN1S(=O)(=O)c1ccc2cc(OC3CCCC3)ccc2c1. The van der Waals surface area contributed by atoms with Crippen molar-refractivity contribution in [3.8, 4) is 11.5 Å². The summed E-state index contributed by atoms with van der Waals surface area (Å²) >= 11 is 6.05. The molecule has 228 valence electrons. The van der Waals surface area contributed by atoms with E-state index in [1.54, 1.807) is 36.4 Å². The van der Waals surface area contributed by atoms with Crippen molar-refractivity contribution in [2.24, 2.45) is 5.73 Å². The third kappa shape index (κ3) is 5.72. The fourth-order valence-corrected chi connectivity index (χ4v) is 9.36. The number of nitrogens with two attached hydrogens (primary N) is 1. The molecule has 4 atom stereocenters. The maximum absolute atomic E-state index is 14.3. The maximum atomic E-state index is 14.3. The molecule has 3 saturated heterocycles. The van der Waals surface area contributed by atoms with Gasteiger partial charge in [-0.1, -0.05) is 23.7 Å². The minimum absolute atomic E-state index is 0.0587. The van der Waals surface area contributed by atoms with Crippen molar-refractivity contribution in [2.45, 2.75) is 99.1 Å². The number of carbonyl (C=O) groups is 1. The Morgan fingerprint density at radius 3 is 2.14 bits per heavy atom. The van der Waals surface area contributed by atoms with Crippen molar-refractivity contribution < 1.29 is 22.7 Å². The van der Waals surface area contributed by atoms with E-state index in [0.717, 1.165) is 55.0 Å². The lowest BCUT2D eigenvalue weighted by molar-refractivity contribution is -0.139. The molecule has 4 aliphatic rings. The molecule has 2 bridgehead atoms. The van der Waals surface area contributed by atoms with Crippen LogP contribution < -0.4 is 15.2 Å². The molecule has 1 aliphatic carbocycles. The third-order valence-corrected chi connectivity index (χ3v) is 11.8. The number of carbonyl (C=O) groups excluding carboxylic acids is 1. The second kappa shape index (κ2) is 11.6. The van der Waals surface area contributed by atoms with Gasteiger partial charge < -0.3 is 20.1 Å². The van der Waals surface area contributed by atoms with Gasteiger partial charge in [0.25, 0.3) is 0 Å². The number of ether oxygens (including phenoxy) is 2. The molecule has 1 saturated carbocycles. The van der Waals surface area contributed by atoms with Crippen LogP contribution in [0, 0.1) is 0 Å². The summed E-state index contributed by atoms with van der Waals surface area (Å²) in [5.41, 5.74) is 6.28. The van der Waals surface area contributed by atoms with Crippen molar-refractivity contribution in [3.63, 3.8) is 0 Å². The first kappa shape index (κ1) is 28.9. The number of nitrogens with zero attached hydrogens (tertiary/aromatic N) is 2. The second-order valence-electron chi connectivity index (χ2n) is 12.6. The zero-order chi connectivity index (χ0) is 29.7. The Labute approximate surface area is 258 Å². The van der Waals surface area contributed by atoms with Gasteiger partial charge in [0.15, 0.2) is 0 Å². The summed E-state index contributed by atoms with van der Waals surface area (Å²) < 4.78 is 42.3. The quantitative estimate of drug-likeness (QED) is 0.373. The molecule has 1 amide bonds. The van der Waals surface area contributed by atoms with Gasteiger partial charge in [-0.2, -0.15) is 4.31 Å².